The van der Waals surface area contributed by atoms with Gasteiger partial charge in [-0.05, 0) is 24.3 Å². The van der Waals surface area contributed by atoms with Gasteiger partial charge >= 0.3 is 0 Å². The molecule has 156 valence electrons. The molecule has 3 aromatic carbocycles. The van der Waals surface area contributed by atoms with Crippen molar-refractivity contribution in [3.05, 3.63) is 95.3 Å². The summed E-state index contributed by atoms with van der Waals surface area (Å²) in [5.74, 6) is -3.44. The number of thioether (sulfide) groups is 1. The largest absolute Gasteiger partial charge is 0.304 e. The summed E-state index contributed by atoms with van der Waals surface area (Å²) < 4.78 is 41.8. The fourth-order valence-electron chi connectivity index (χ4n) is 4.13. The van der Waals surface area contributed by atoms with Crippen molar-refractivity contribution in [3.8, 4) is 0 Å². The van der Waals surface area contributed by atoms with Gasteiger partial charge in [-0.2, -0.15) is 0 Å². The van der Waals surface area contributed by atoms with Crippen molar-refractivity contribution in [2.24, 2.45) is 0 Å². The van der Waals surface area contributed by atoms with Crippen molar-refractivity contribution in [2.75, 3.05) is 15.6 Å². The van der Waals surface area contributed by atoms with Crippen molar-refractivity contribution >= 4 is 35.0 Å². The first-order valence-corrected chi connectivity index (χ1v) is 10.5. The molecule has 0 saturated carbocycles. The number of hydrogen-bond acceptors (Lipinski definition) is 3. The minimum Gasteiger partial charge on any atom is -0.304 e. The van der Waals surface area contributed by atoms with E-state index in [1.807, 2.05) is 0 Å². The highest BCUT2D eigenvalue weighted by Crippen LogP contribution is 2.56. The third kappa shape index (κ3) is 2.85. The quantitative estimate of drug-likeness (QED) is 0.599. The number of benzene rings is 3. The Morgan fingerprint density at radius 3 is 2.39 bits per heavy atom. The first-order valence-electron chi connectivity index (χ1n) is 9.50. The van der Waals surface area contributed by atoms with E-state index in [1.54, 1.807) is 42.5 Å². The molecule has 1 fully saturated rings. The molecule has 1 spiro atoms. The highest BCUT2D eigenvalue weighted by atomic mass is 32.2. The maximum Gasteiger partial charge on any atom is 0.269 e. The molecule has 2 heterocycles. The average Bonchev–Trinajstić information content (AvgIpc) is 3.23. The predicted octanol–water partition coefficient (Wildman–Crippen LogP) is 4.58. The Kier molecular flexibility index (Phi) is 4.55. The number of rotatable bonds is 3. The molecule has 1 atom stereocenters. The molecule has 0 radical (unpaired) electrons. The van der Waals surface area contributed by atoms with E-state index in [9.17, 15) is 22.8 Å². The third-order valence-electron chi connectivity index (χ3n) is 5.51. The summed E-state index contributed by atoms with van der Waals surface area (Å²) in [6.45, 7) is -0.0232. The van der Waals surface area contributed by atoms with E-state index in [0.29, 0.717) is 16.8 Å². The smallest absolute Gasteiger partial charge is 0.269 e. The minimum absolute atomic E-state index is 0.00733. The number of carbonyl (C=O) groups is 2. The van der Waals surface area contributed by atoms with E-state index in [2.05, 4.69) is 0 Å². The average molecular weight is 440 g/mol. The summed E-state index contributed by atoms with van der Waals surface area (Å²) >= 11 is 1.12. The molecule has 4 nitrogen and oxygen atoms in total. The molecule has 3 aromatic rings. The van der Waals surface area contributed by atoms with Crippen LogP contribution in [0.1, 0.15) is 11.1 Å². The zero-order valence-corrected chi connectivity index (χ0v) is 16.8. The molecular formula is C23H15F3N2O2S. The molecule has 2 aliphatic heterocycles. The number of anilines is 2. The van der Waals surface area contributed by atoms with Crippen LogP contribution in [-0.2, 0) is 21.0 Å². The Balaban J connectivity index is 1.66. The molecule has 1 unspecified atom stereocenters. The molecule has 0 aromatic heterocycles. The standard InChI is InChI=1S/C23H15F3N2O2S/c24-17-7-3-1-5-14(17)12-27-20-8-4-2-6-16(20)23(22(27)30)28(21(29)13-31-23)15-9-10-18(25)19(26)11-15/h1-11H,12-13H2. The van der Waals surface area contributed by atoms with Crippen LogP contribution >= 0.6 is 11.8 Å². The van der Waals surface area contributed by atoms with Crippen molar-refractivity contribution in [1.82, 2.24) is 0 Å². The van der Waals surface area contributed by atoms with Gasteiger partial charge in [0.1, 0.15) is 5.82 Å². The van der Waals surface area contributed by atoms with Crippen molar-refractivity contribution < 1.29 is 22.8 Å². The molecule has 2 amide bonds. The van der Waals surface area contributed by atoms with Crippen LogP contribution in [0.25, 0.3) is 0 Å². The molecule has 0 bridgehead atoms. The summed E-state index contributed by atoms with van der Waals surface area (Å²) in [7, 11) is 0. The monoisotopic (exact) mass is 440 g/mol. The number of hydrogen-bond donors (Lipinski definition) is 0. The Labute approximate surface area is 180 Å². The van der Waals surface area contributed by atoms with Gasteiger partial charge in [0, 0.05) is 22.9 Å². The maximum absolute atomic E-state index is 14.3. The van der Waals surface area contributed by atoms with E-state index < -0.39 is 34.1 Å². The van der Waals surface area contributed by atoms with Crippen molar-refractivity contribution in [1.29, 1.82) is 0 Å². The molecule has 1 saturated heterocycles. The van der Waals surface area contributed by atoms with Gasteiger partial charge < -0.3 is 4.90 Å². The van der Waals surface area contributed by atoms with Crippen LogP contribution in [0.4, 0.5) is 24.5 Å². The molecule has 2 aliphatic rings. The van der Waals surface area contributed by atoms with Crippen LogP contribution in [0.3, 0.4) is 0 Å². The van der Waals surface area contributed by atoms with Crippen LogP contribution in [0.2, 0.25) is 0 Å². The number of carbonyl (C=O) groups excluding carboxylic acids is 2. The molecule has 0 N–H and O–H groups in total. The summed E-state index contributed by atoms with van der Waals surface area (Å²) in [6, 6.07) is 16.2. The number of halogens is 3. The number of fused-ring (bicyclic) bond motifs is 2. The topological polar surface area (TPSA) is 40.6 Å². The van der Waals surface area contributed by atoms with E-state index in [-0.39, 0.29) is 18.0 Å². The number of para-hydroxylation sites is 1. The summed E-state index contributed by atoms with van der Waals surface area (Å²) in [4.78, 5) is 27.9. The first-order chi connectivity index (χ1) is 14.9. The van der Waals surface area contributed by atoms with Crippen LogP contribution in [0.15, 0.2) is 66.7 Å². The highest BCUT2D eigenvalue weighted by molar-refractivity contribution is 8.02. The lowest BCUT2D eigenvalue weighted by atomic mass is 10.0. The molecule has 8 heteroatoms. The molecule has 5 rings (SSSR count). The number of amides is 2. The second-order valence-corrected chi connectivity index (χ2v) is 8.43. The van der Waals surface area contributed by atoms with Gasteiger partial charge in [-0.15, -0.1) is 11.8 Å². The first kappa shape index (κ1) is 19.7. The van der Waals surface area contributed by atoms with Crippen molar-refractivity contribution in [3.63, 3.8) is 0 Å². The molecule has 31 heavy (non-hydrogen) atoms. The normalized spacial score (nSPS) is 20.1. The fraction of sp³-hybridized carbons (Fsp3) is 0.130. The van der Waals surface area contributed by atoms with Gasteiger partial charge in [0.15, 0.2) is 11.6 Å². The minimum atomic E-state index is -1.47. The van der Waals surface area contributed by atoms with Crippen LogP contribution in [0.5, 0.6) is 0 Å². The van der Waals surface area contributed by atoms with Gasteiger partial charge in [-0.3, -0.25) is 14.5 Å². The molecular weight excluding hydrogens is 425 g/mol. The van der Waals surface area contributed by atoms with Crippen LogP contribution < -0.4 is 9.80 Å². The zero-order chi connectivity index (χ0) is 21.8. The maximum atomic E-state index is 14.3. The van der Waals surface area contributed by atoms with Gasteiger partial charge in [0.25, 0.3) is 5.91 Å². The Hall–Kier alpha value is -3.26. The Bertz CT molecular complexity index is 1230. The lowest BCUT2D eigenvalue weighted by Crippen LogP contribution is -2.49. The Morgan fingerprint density at radius 2 is 1.61 bits per heavy atom. The van der Waals surface area contributed by atoms with Crippen LogP contribution in [0, 0.1) is 17.5 Å². The summed E-state index contributed by atoms with van der Waals surface area (Å²) in [6.07, 6.45) is 0. The summed E-state index contributed by atoms with van der Waals surface area (Å²) in [5, 5.41) is 0. The predicted molar refractivity (Wildman–Crippen MR) is 112 cm³/mol. The van der Waals surface area contributed by atoms with Crippen molar-refractivity contribution in [2.45, 2.75) is 11.4 Å². The summed E-state index contributed by atoms with van der Waals surface area (Å²) in [5.41, 5.74) is 1.52. The zero-order valence-electron chi connectivity index (χ0n) is 16.0. The second-order valence-electron chi connectivity index (χ2n) is 7.26. The lowest BCUT2D eigenvalue weighted by molar-refractivity contribution is -0.123. The van der Waals surface area contributed by atoms with Gasteiger partial charge in [0.05, 0.1) is 18.0 Å². The Morgan fingerprint density at radius 1 is 0.871 bits per heavy atom. The molecule has 0 aliphatic carbocycles. The van der Waals surface area contributed by atoms with E-state index in [1.165, 1.54) is 21.9 Å². The van der Waals surface area contributed by atoms with Gasteiger partial charge in [-0.1, -0.05) is 36.4 Å². The highest BCUT2D eigenvalue weighted by Gasteiger charge is 2.61. The number of nitrogens with zero attached hydrogens (tertiary/aromatic N) is 2. The lowest BCUT2D eigenvalue weighted by Gasteiger charge is -2.33. The van der Waals surface area contributed by atoms with Crippen LogP contribution in [-0.4, -0.2) is 17.6 Å². The van der Waals surface area contributed by atoms with E-state index >= 15 is 0 Å². The van der Waals surface area contributed by atoms with Gasteiger partial charge in [0.2, 0.25) is 10.8 Å². The fourth-order valence-corrected chi connectivity index (χ4v) is 5.49. The van der Waals surface area contributed by atoms with E-state index in [0.717, 1.165) is 23.9 Å². The second kappa shape index (κ2) is 7.16. The SMILES string of the molecule is O=C1CSC2(C(=O)N(Cc3ccccc3F)c3ccccc32)N1c1ccc(F)c(F)c1. The third-order valence-corrected chi connectivity index (χ3v) is 6.90. The van der Waals surface area contributed by atoms with Gasteiger partial charge in [-0.25, -0.2) is 13.2 Å². The van der Waals surface area contributed by atoms with E-state index in [4.69, 9.17) is 0 Å².